The van der Waals surface area contributed by atoms with Crippen LogP contribution in [0.25, 0.3) is 78.3 Å². The molecule has 0 saturated heterocycles. The Morgan fingerprint density at radius 3 is 1.32 bits per heavy atom. The van der Waals surface area contributed by atoms with Gasteiger partial charge in [-0.1, -0.05) is 141 Å². The number of nitrogens with zero attached hydrogens (tertiary/aromatic N) is 4. The van der Waals surface area contributed by atoms with Crippen molar-refractivity contribution in [3.63, 3.8) is 0 Å². The number of anilines is 5. The van der Waals surface area contributed by atoms with Crippen molar-refractivity contribution < 1.29 is 0 Å². The van der Waals surface area contributed by atoms with Crippen LogP contribution in [0.15, 0.2) is 250 Å². The first kappa shape index (κ1) is 40.6. The minimum atomic E-state index is 0.163. The summed E-state index contributed by atoms with van der Waals surface area (Å²) in [5, 5.41) is 4.82. The molecule has 0 amide bonds. The summed E-state index contributed by atoms with van der Waals surface area (Å²) >= 11 is 0. The fourth-order valence-corrected chi connectivity index (χ4v) is 10.2. The average Bonchev–Trinajstić information content (AvgIpc) is 3.91. The fraction of sp³-hybridized carbons (Fsp3) is 0.0312. The quantitative estimate of drug-likeness (QED) is 0.129. The van der Waals surface area contributed by atoms with Gasteiger partial charge in [-0.3, -0.25) is 0 Å². The Morgan fingerprint density at radius 2 is 0.824 bits per heavy atom. The van der Waals surface area contributed by atoms with Gasteiger partial charge in [0.1, 0.15) is 0 Å². The largest absolute Gasteiger partial charge is 0.334 e. The Hall–Kier alpha value is -8.86. The summed E-state index contributed by atoms with van der Waals surface area (Å²) in [7, 11) is 0. The van der Waals surface area contributed by atoms with Gasteiger partial charge in [0, 0.05) is 61.4 Å². The van der Waals surface area contributed by atoms with Crippen LogP contribution in [-0.2, 0) is 0 Å². The maximum atomic E-state index is 4.09. The molecular formula is C64H48N4. The molecule has 12 rings (SSSR count). The number of hydrogen-bond donors (Lipinski definition) is 0. The molecule has 4 heteroatoms. The third-order valence-electron chi connectivity index (χ3n) is 13.5. The highest BCUT2D eigenvalue weighted by atomic mass is 15.2. The summed E-state index contributed by atoms with van der Waals surface area (Å²) in [5.74, 6) is 0. The lowest BCUT2D eigenvalue weighted by molar-refractivity contribution is 0.785. The third kappa shape index (κ3) is 7.11. The van der Waals surface area contributed by atoms with E-state index in [0.717, 1.165) is 74.0 Å². The molecule has 1 aliphatic carbocycles. The van der Waals surface area contributed by atoms with Crippen LogP contribution < -0.4 is 9.80 Å². The Morgan fingerprint density at radius 1 is 0.397 bits per heavy atom. The zero-order valence-corrected chi connectivity index (χ0v) is 37.7. The number of benzene rings is 9. The van der Waals surface area contributed by atoms with Gasteiger partial charge in [0.25, 0.3) is 0 Å². The van der Waals surface area contributed by atoms with Gasteiger partial charge in [0.2, 0.25) is 0 Å². The van der Waals surface area contributed by atoms with Crippen molar-refractivity contribution in [1.29, 1.82) is 0 Å². The lowest BCUT2D eigenvalue weighted by atomic mass is 10.0. The molecule has 11 aromatic rings. The van der Waals surface area contributed by atoms with E-state index in [0.29, 0.717) is 0 Å². The van der Waals surface area contributed by atoms with Crippen LogP contribution >= 0.6 is 0 Å². The van der Waals surface area contributed by atoms with Crippen LogP contribution in [0.3, 0.4) is 0 Å². The van der Waals surface area contributed by atoms with E-state index in [2.05, 4.69) is 269 Å². The SMILES string of the molecule is C=Cc1ccc2c(c1)c1cc(N(c3ccccc3)c3ccc(-c4ccc(N(c5ccc6c(c5)c5cc(C=C)ccc5n6-c5ccccc5)C5C=CC=CC5)cc4)cc3)ccc1n2-c1ccccc1. The molecule has 1 unspecified atom stereocenters. The van der Waals surface area contributed by atoms with E-state index in [1.165, 1.54) is 38.1 Å². The molecule has 2 heterocycles. The molecule has 4 nitrogen and oxygen atoms in total. The zero-order valence-electron chi connectivity index (χ0n) is 37.7. The molecule has 0 fully saturated rings. The summed E-state index contributed by atoms with van der Waals surface area (Å²) in [6, 6.07) is 77.2. The fourth-order valence-electron chi connectivity index (χ4n) is 10.2. The van der Waals surface area contributed by atoms with Crippen molar-refractivity contribution in [2.75, 3.05) is 9.80 Å². The topological polar surface area (TPSA) is 16.3 Å². The summed E-state index contributed by atoms with van der Waals surface area (Å²) < 4.78 is 4.73. The van der Waals surface area contributed by atoms with Crippen molar-refractivity contribution >= 4 is 84.2 Å². The molecule has 0 radical (unpaired) electrons. The van der Waals surface area contributed by atoms with Gasteiger partial charge in [-0.2, -0.15) is 0 Å². The average molecular weight is 873 g/mol. The molecule has 0 aliphatic heterocycles. The van der Waals surface area contributed by atoms with E-state index in [1.807, 2.05) is 12.2 Å². The number of fused-ring (bicyclic) bond motifs is 6. The second kappa shape index (κ2) is 17.2. The molecule has 0 saturated carbocycles. The van der Waals surface area contributed by atoms with Crippen molar-refractivity contribution in [3.8, 4) is 22.5 Å². The van der Waals surface area contributed by atoms with E-state index in [-0.39, 0.29) is 6.04 Å². The van der Waals surface area contributed by atoms with Crippen LogP contribution in [0.1, 0.15) is 17.5 Å². The highest BCUT2D eigenvalue weighted by Crippen LogP contribution is 2.42. The molecular weight excluding hydrogens is 825 g/mol. The monoisotopic (exact) mass is 872 g/mol. The molecule has 68 heavy (non-hydrogen) atoms. The van der Waals surface area contributed by atoms with Crippen LogP contribution in [0.4, 0.5) is 28.4 Å². The minimum Gasteiger partial charge on any atom is -0.334 e. The number of hydrogen-bond acceptors (Lipinski definition) is 2. The van der Waals surface area contributed by atoms with Crippen molar-refractivity contribution in [2.45, 2.75) is 12.5 Å². The zero-order chi connectivity index (χ0) is 45.6. The first-order chi connectivity index (χ1) is 33.6. The van der Waals surface area contributed by atoms with Crippen molar-refractivity contribution in [1.82, 2.24) is 9.13 Å². The van der Waals surface area contributed by atoms with E-state index >= 15 is 0 Å². The molecule has 1 aliphatic rings. The standard InChI is InChI=1S/C64H48N4/c1-3-45-25-37-61-57(41-45)59-43-55(35-39-63(59)67(61)51-21-13-7-14-22-51)65(49-17-9-5-10-18-49)53-31-27-47(28-32-53)48-29-33-54(34-30-48)66(50-19-11-6-12-20-50)56-36-40-64-60(44-56)58-42-46(4-2)26-38-62(58)68(64)52-23-15-8-16-24-52/h3-19,21-44,50H,1-2,20H2. The van der Waals surface area contributed by atoms with Crippen molar-refractivity contribution in [2.24, 2.45) is 0 Å². The summed E-state index contributed by atoms with van der Waals surface area (Å²) in [5.41, 5.74) is 17.1. The Labute approximate surface area is 397 Å². The Kier molecular flexibility index (Phi) is 10.3. The number of rotatable bonds is 11. The number of para-hydroxylation sites is 3. The predicted molar refractivity (Wildman–Crippen MR) is 291 cm³/mol. The van der Waals surface area contributed by atoms with Crippen LogP contribution in [0, 0.1) is 0 Å². The van der Waals surface area contributed by atoms with Gasteiger partial charge in [-0.15, -0.1) is 0 Å². The molecule has 0 N–H and O–H groups in total. The van der Waals surface area contributed by atoms with Crippen LogP contribution in [-0.4, -0.2) is 15.2 Å². The molecule has 9 aromatic carbocycles. The van der Waals surface area contributed by atoms with Gasteiger partial charge in [0.15, 0.2) is 0 Å². The molecule has 0 spiro atoms. The van der Waals surface area contributed by atoms with Gasteiger partial charge in [-0.05, 0) is 150 Å². The highest BCUT2D eigenvalue weighted by Gasteiger charge is 2.23. The molecule has 1 atom stereocenters. The maximum absolute atomic E-state index is 4.09. The lowest BCUT2D eigenvalue weighted by Gasteiger charge is -2.33. The summed E-state index contributed by atoms with van der Waals surface area (Å²) in [6.45, 7) is 8.18. The normalized spacial score (nSPS) is 13.4. The van der Waals surface area contributed by atoms with Gasteiger partial charge >= 0.3 is 0 Å². The lowest BCUT2D eigenvalue weighted by Crippen LogP contribution is -2.29. The van der Waals surface area contributed by atoms with E-state index in [9.17, 15) is 0 Å². The summed E-state index contributed by atoms with van der Waals surface area (Å²) in [6.07, 6.45) is 13.7. The van der Waals surface area contributed by atoms with Gasteiger partial charge in [-0.25, -0.2) is 0 Å². The van der Waals surface area contributed by atoms with E-state index in [4.69, 9.17) is 0 Å². The first-order valence-electron chi connectivity index (χ1n) is 23.3. The van der Waals surface area contributed by atoms with Gasteiger partial charge in [0.05, 0.1) is 28.1 Å². The Bertz CT molecular complexity index is 3730. The van der Waals surface area contributed by atoms with Gasteiger partial charge < -0.3 is 18.9 Å². The smallest absolute Gasteiger partial charge is 0.0559 e. The minimum absolute atomic E-state index is 0.163. The van der Waals surface area contributed by atoms with Crippen molar-refractivity contribution in [3.05, 3.63) is 261 Å². The molecule has 2 aromatic heterocycles. The third-order valence-corrected chi connectivity index (χ3v) is 13.5. The number of aromatic nitrogens is 2. The number of allylic oxidation sites excluding steroid dienone is 2. The van der Waals surface area contributed by atoms with Crippen LogP contribution in [0.2, 0.25) is 0 Å². The predicted octanol–water partition coefficient (Wildman–Crippen LogP) is 17.3. The maximum Gasteiger partial charge on any atom is 0.0559 e. The van der Waals surface area contributed by atoms with E-state index in [1.54, 1.807) is 0 Å². The molecule has 0 bridgehead atoms. The summed E-state index contributed by atoms with van der Waals surface area (Å²) in [4.78, 5) is 4.84. The first-order valence-corrected chi connectivity index (χ1v) is 23.3. The molecule has 324 valence electrons. The second-order valence-corrected chi connectivity index (χ2v) is 17.5. The van der Waals surface area contributed by atoms with E-state index < -0.39 is 0 Å². The Balaban J connectivity index is 0.907. The second-order valence-electron chi connectivity index (χ2n) is 17.5. The highest BCUT2D eigenvalue weighted by molar-refractivity contribution is 6.12. The van der Waals surface area contributed by atoms with Crippen LogP contribution in [0.5, 0.6) is 0 Å².